The molecular formula is C18H22BrFN2O2. The highest BCUT2D eigenvalue weighted by Crippen LogP contribution is 2.16. The average molecular weight is 397 g/mol. The Kier molecular flexibility index (Phi) is 7.43. The van der Waals surface area contributed by atoms with Gasteiger partial charge in [-0.05, 0) is 43.5 Å². The summed E-state index contributed by atoms with van der Waals surface area (Å²) >= 11 is 3.27. The average Bonchev–Trinajstić information content (AvgIpc) is 2.77. The molecule has 1 heterocycles. The Morgan fingerprint density at radius 2 is 2.17 bits per heavy atom. The molecule has 6 heteroatoms. The predicted octanol–water partition coefficient (Wildman–Crippen LogP) is 3.51. The first-order valence-corrected chi connectivity index (χ1v) is 9.04. The van der Waals surface area contributed by atoms with Gasteiger partial charge in [0.05, 0.1) is 0 Å². The second-order valence-corrected chi connectivity index (χ2v) is 6.75. The number of carbonyl (C=O) groups is 2. The maximum atomic E-state index is 13.6. The first kappa shape index (κ1) is 18.6. The number of nitrogens with zero attached hydrogens (tertiary/aromatic N) is 1. The molecule has 1 N–H and O–H groups in total. The van der Waals surface area contributed by atoms with Gasteiger partial charge in [-0.25, -0.2) is 4.39 Å². The van der Waals surface area contributed by atoms with Crippen molar-refractivity contribution < 1.29 is 14.0 Å². The number of benzene rings is 1. The first-order chi connectivity index (χ1) is 11.6. The van der Waals surface area contributed by atoms with Crippen LogP contribution in [0.1, 0.15) is 37.7 Å². The van der Waals surface area contributed by atoms with E-state index >= 15 is 0 Å². The van der Waals surface area contributed by atoms with E-state index in [2.05, 4.69) is 21.2 Å². The molecule has 4 nitrogen and oxygen atoms in total. The molecule has 1 aromatic carbocycles. The van der Waals surface area contributed by atoms with Gasteiger partial charge in [-0.3, -0.25) is 9.59 Å². The SMILES string of the molecule is O=C(C=Cc1cc(Br)ccc1F)NCCCN1CCCCCC1=O. The number of amides is 2. The summed E-state index contributed by atoms with van der Waals surface area (Å²) in [5, 5.41) is 2.76. The van der Waals surface area contributed by atoms with Crippen LogP contribution in [0.25, 0.3) is 6.08 Å². The molecular weight excluding hydrogens is 375 g/mol. The van der Waals surface area contributed by atoms with Crippen molar-refractivity contribution >= 4 is 33.8 Å². The molecule has 0 aliphatic carbocycles. The molecule has 1 aliphatic heterocycles. The summed E-state index contributed by atoms with van der Waals surface area (Å²) < 4.78 is 14.3. The maximum Gasteiger partial charge on any atom is 0.244 e. The highest BCUT2D eigenvalue weighted by molar-refractivity contribution is 9.10. The number of halogens is 2. The summed E-state index contributed by atoms with van der Waals surface area (Å²) in [5.74, 6) is -0.428. The summed E-state index contributed by atoms with van der Waals surface area (Å²) in [5.41, 5.74) is 0.356. The zero-order chi connectivity index (χ0) is 17.4. The van der Waals surface area contributed by atoms with Gasteiger partial charge in [0, 0.05) is 42.2 Å². The van der Waals surface area contributed by atoms with Crippen molar-refractivity contribution in [2.24, 2.45) is 0 Å². The Bertz CT molecular complexity index is 619. The van der Waals surface area contributed by atoms with E-state index in [-0.39, 0.29) is 17.6 Å². The quantitative estimate of drug-likeness (QED) is 0.590. The van der Waals surface area contributed by atoms with Gasteiger partial charge < -0.3 is 10.2 Å². The lowest BCUT2D eigenvalue weighted by Gasteiger charge is -2.20. The van der Waals surface area contributed by atoms with Crippen molar-refractivity contribution in [3.8, 4) is 0 Å². The third-order valence-electron chi connectivity index (χ3n) is 3.95. The van der Waals surface area contributed by atoms with Crippen LogP contribution in [-0.2, 0) is 9.59 Å². The minimum Gasteiger partial charge on any atom is -0.352 e. The van der Waals surface area contributed by atoms with E-state index < -0.39 is 0 Å². The molecule has 0 spiro atoms. The first-order valence-electron chi connectivity index (χ1n) is 8.25. The van der Waals surface area contributed by atoms with Crippen LogP contribution in [0.3, 0.4) is 0 Å². The van der Waals surface area contributed by atoms with E-state index in [1.807, 2.05) is 4.90 Å². The fourth-order valence-electron chi connectivity index (χ4n) is 2.62. The molecule has 2 amide bonds. The van der Waals surface area contributed by atoms with Gasteiger partial charge in [0.15, 0.2) is 0 Å². The Labute approximate surface area is 150 Å². The van der Waals surface area contributed by atoms with Gasteiger partial charge in [0.2, 0.25) is 11.8 Å². The summed E-state index contributed by atoms with van der Waals surface area (Å²) in [4.78, 5) is 25.5. The van der Waals surface area contributed by atoms with E-state index in [4.69, 9.17) is 0 Å². The van der Waals surface area contributed by atoms with Crippen LogP contribution in [0.2, 0.25) is 0 Å². The van der Waals surface area contributed by atoms with Crippen LogP contribution in [0, 0.1) is 5.82 Å². The molecule has 1 saturated heterocycles. The van der Waals surface area contributed by atoms with Gasteiger partial charge in [-0.1, -0.05) is 22.4 Å². The normalized spacial score (nSPS) is 15.6. The summed E-state index contributed by atoms with van der Waals surface area (Å²) in [6.45, 7) is 1.98. The molecule has 0 aromatic heterocycles. The van der Waals surface area contributed by atoms with Crippen LogP contribution in [-0.4, -0.2) is 36.3 Å². The predicted molar refractivity (Wildman–Crippen MR) is 95.8 cm³/mol. The topological polar surface area (TPSA) is 49.4 Å². The Hall–Kier alpha value is -1.69. The monoisotopic (exact) mass is 396 g/mol. The number of likely N-dealkylation sites (tertiary alicyclic amines) is 1. The molecule has 0 saturated carbocycles. The molecule has 1 aliphatic rings. The largest absolute Gasteiger partial charge is 0.352 e. The number of hydrogen-bond donors (Lipinski definition) is 1. The van der Waals surface area contributed by atoms with Crippen LogP contribution in [0.4, 0.5) is 4.39 Å². The Morgan fingerprint density at radius 1 is 1.33 bits per heavy atom. The highest BCUT2D eigenvalue weighted by atomic mass is 79.9. The van der Waals surface area contributed by atoms with Crippen LogP contribution in [0.5, 0.6) is 0 Å². The second-order valence-electron chi connectivity index (χ2n) is 5.84. The maximum absolute atomic E-state index is 13.6. The van der Waals surface area contributed by atoms with Crippen molar-refractivity contribution in [2.45, 2.75) is 32.1 Å². The minimum atomic E-state index is -0.373. The standard InChI is InChI=1S/C18H22BrFN2O2/c19-15-7-8-16(20)14(13-15)6-9-17(23)21-10-4-12-22-11-3-1-2-5-18(22)24/h6-9,13H,1-5,10-12H2,(H,21,23). The summed E-state index contributed by atoms with van der Waals surface area (Å²) in [7, 11) is 0. The molecule has 130 valence electrons. The lowest BCUT2D eigenvalue weighted by Crippen LogP contribution is -2.33. The number of carbonyl (C=O) groups excluding carboxylic acids is 2. The fraction of sp³-hybridized carbons (Fsp3) is 0.444. The highest BCUT2D eigenvalue weighted by Gasteiger charge is 2.15. The molecule has 0 unspecified atom stereocenters. The van der Waals surface area contributed by atoms with Crippen molar-refractivity contribution in [3.05, 3.63) is 40.1 Å². The molecule has 1 fully saturated rings. The molecule has 2 rings (SSSR count). The smallest absolute Gasteiger partial charge is 0.244 e. The van der Waals surface area contributed by atoms with Gasteiger partial charge in [0.1, 0.15) is 5.82 Å². The molecule has 0 atom stereocenters. The molecule has 1 aromatic rings. The van der Waals surface area contributed by atoms with Crippen LogP contribution >= 0.6 is 15.9 Å². The number of nitrogens with one attached hydrogen (secondary N) is 1. The van der Waals surface area contributed by atoms with Crippen molar-refractivity contribution in [2.75, 3.05) is 19.6 Å². The Morgan fingerprint density at radius 3 is 3.00 bits per heavy atom. The zero-order valence-electron chi connectivity index (χ0n) is 13.6. The van der Waals surface area contributed by atoms with Crippen LogP contribution < -0.4 is 5.32 Å². The van der Waals surface area contributed by atoms with E-state index in [0.717, 1.165) is 36.7 Å². The van der Waals surface area contributed by atoms with Gasteiger partial charge in [-0.2, -0.15) is 0 Å². The van der Waals surface area contributed by atoms with Crippen molar-refractivity contribution in [1.82, 2.24) is 10.2 Å². The van der Waals surface area contributed by atoms with Crippen molar-refractivity contribution in [1.29, 1.82) is 0 Å². The van der Waals surface area contributed by atoms with E-state index in [0.29, 0.717) is 25.1 Å². The van der Waals surface area contributed by atoms with E-state index in [1.165, 1.54) is 18.2 Å². The Balaban J connectivity index is 1.72. The second kappa shape index (κ2) is 9.57. The number of hydrogen-bond acceptors (Lipinski definition) is 2. The van der Waals surface area contributed by atoms with E-state index in [9.17, 15) is 14.0 Å². The summed E-state index contributed by atoms with van der Waals surface area (Å²) in [6, 6.07) is 4.57. The van der Waals surface area contributed by atoms with Gasteiger partial charge in [-0.15, -0.1) is 0 Å². The third kappa shape index (κ3) is 6.07. The zero-order valence-corrected chi connectivity index (χ0v) is 15.1. The summed E-state index contributed by atoms with van der Waals surface area (Å²) in [6.07, 6.45) is 7.26. The van der Waals surface area contributed by atoms with Gasteiger partial charge in [0.25, 0.3) is 0 Å². The fourth-order valence-corrected chi connectivity index (χ4v) is 3.00. The lowest BCUT2D eigenvalue weighted by molar-refractivity contribution is -0.130. The molecule has 0 radical (unpaired) electrons. The van der Waals surface area contributed by atoms with E-state index in [1.54, 1.807) is 12.1 Å². The minimum absolute atomic E-state index is 0.212. The van der Waals surface area contributed by atoms with Crippen molar-refractivity contribution in [3.63, 3.8) is 0 Å². The molecule has 0 bridgehead atoms. The van der Waals surface area contributed by atoms with Crippen LogP contribution in [0.15, 0.2) is 28.7 Å². The number of rotatable bonds is 6. The third-order valence-corrected chi connectivity index (χ3v) is 4.44. The lowest BCUT2D eigenvalue weighted by atomic mass is 10.2. The molecule has 24 heavy (non-hydrogen) atoms. The van der Waals surface area contributed by atoms with Gasteiger partial charge >= 0.3 is 0 Å².